The summed E-state index contributed by atoms with van der Waals surface area (Å²) in [6.07, 6.45) is 1.19. The Bertz CT molecular complexity index is 511. The van der Waals surface area contributed by atoms with Crippen molar-refractivity contribution in [1.29, 1.82) is 5.26 Å². The summed E-state index contributed by atoms with van der Waals surface area (Å²) in [6.45, 7) is 6.21. The van der Waals surface area contributed by atoms with Gasteiger partial charge >= 0.3 is 0 Å². The third kappa shape index (κ3) is 3.14. The van der Waals surface area contributed by atoms with Crippen LogP contribution in [0.4, 0.5) is 5.69 Å². The lowest BCUT2D eigenvalue weighted by Crippen LogP contribution is -2.40. The Labute approximate surface area is 119 Å². The molecular weight excluding hydrogens is 254 g/mol. The minimum absolute atomic E-state index is 0.0609. The highest BCUT2D eigenvalue weighted by molar-refractivity contribution is 5.36. The molecule has 0 amide bonds. The Morgan fingerprint density at radius 1 is 1.30 bits per heavy atom. The smallest absolute Gasteiger partial charge is 0.269 e. The molecule has 1 fully saturated rings. The number of rotatable bonds is 3. The van der Waals surface area contributed by atoms with Crippen LogP contribution in [0, 0.1) is 33.3 Å². The molecule has 5 nitrogen and oxygen atoms in total. The maximum absolute atomic E-state index is 10.7. The molecular formula is C15H19N3O2. The summed E-state index contributed by atoms with van der Waals surface area (Å²) in [6, 6.07) is 8.33. The van der Waals surface area contributed by atoms with E-state index in [0.29, 0.717) is 11.8 Å². The summed E-state index contributed by atoms with van der Waals surface area (Å²) < 4.78 is 0. The molecule has 1 aromatic rings. The van der Waals surface area contributed by atoms with E-state index >= 15 is 0 Å². The molecule has 20 heavy (non-hydrogen) atoms. The van der Waals surface area contributed by atoms with Crippen molar-refractivity contribution in [3.8, 4) is 6.07 Å². The number of hydrogen-bond acceptors (Lipinski definition) is 4. The van der Waals surface area contributed by atoms with Crippen molar-refractivity contribution in [2.45, 2.75) is 26.3 Å². The van der Waals surface area contributed by atoms with Gasteiger partial charge < -0.3 is 0 Å². The maximum Gasteiger partial charge on any atom is 0.269 e. The van der Waals surface area contributed by atoms with E-state index in [2.05, 4.69) is 24.8 Å². The van der Waals surface area contributed by atoms with Gasteiger partial charge in [0, 0.05) is 25.2 Å². The highest BCUT2D eigenvalue weighted by Crippen LogP contribution is 2.29. The second-order valence-electron chi connectivity index (χ2n) is 5.78. The molecule has 0 aromatic heterocycles. The Morgan fingerprint density at radius 2 is 1.85 bits per heavy atom. The van der Waals surface area contributed by atoms with Gasteiger partial charge in [-0.25, -0.2) is 0 Å². The normalized spacial score (nSPS) is 24.9. The quantitative estimate of drug-likeness (QED) is 0.626. The van der Waals surface area contributed by atoms with Gasteiger partial charge in [-0.1, -0.05) is 13.8 Å². The summed E-state index contributed by atoms with van der Waals surface area (Å²) in [5.74, 6) is 1.15. The molecule has 0 bridgehead atoms. The van der Waals surface area contributed by atoms with Gasteiger partial charge in [-0.2, -0.15) is 5.26 Å². The largest absolute Gasteiger partial charge is 0.284 e. The van der Waals surface area contributed by atoms with E-state index in [1.807, 2.05) is 0 Å². The predicted octanol–water partition coefficient (Wildman–Crippen LogP) is 3.14. The molecule has 1 aliphatic rings. The molecule has 0 saturated carbocycles. The van der Waals surface area contributed by atoms with Gasteiger partial charge in [-0.15, -0.1) is 0 Å². The van der Waals surface area contributed by atoms with Crippen molar-refractivity contribution < 1.29 is 4.92 Å². The fourth-order valence-electron chi connectivity index (χ4n) is 3.07. The SMILES string of the molecule is CC1CC(C)CN(C(C#N)c2ccc([N+](=O)[O-])cc2)C1. The maximum atomic E-state index is 10.7. The van der Waals surface area contributed by atoms with Crippen LogP contribution in [-0.4, -0.2) is 22.9 Å². The van der Waals surface area contributed by atoms with Crippen LogP contribution in [0.15, 0.2) is 24.3 Å². The number of likely N-dealkylation sites (tertiary alicyclic amines) is 1. The van der Waals surface area contributed by atoms with Gasteiger partial charge in [-0.05, 0) is 36.0 Å². The summed E-state index contributed by atoms with van der Waals surface area (Å²) >= 11 is 0. The fraction of sp³-hybridized carbons (Fsp3) is 0.533. The number of nitriles is 1. The second kappa shape index (κ2) is 6.02. The minimum atomic E-state index is -0.420. The molecule has 1 aromatic carbocycles. The summed E-state index contributed by atoms with van der Waals surface area (Å²) in [7, 11) is 0. The van der Waals surface area contributed by atoms with Gasteiger partial charge in [0.25, 0.3) is 5.69 Å². The molecule has 3 unspecified atom stereocenters. The lowest BCUT2D eigenvalue weighted by atomic mass is 9.90. The number of nitro groups is 1. The standard InChI is InChI=1S/C15H19N3O2/c1-11-7-12(2)10-17(9-11)15(8-16)13-3-5-14(6-4-13)18(19)20/h3-6,11-12,15H,7,9-10H2,1-2H3. The number of piperidine rings is 1. The number of non-ortho nitro benzene ring substituents is 1. The summed E-state index contributed by atoms with van der Waals surface area (Å²) in [4.78, 5) is 12.4. The number of nitrogens with zero attached hydrogens (tertiary/aromatic N) is 3. The first-order valence-electron chi connectivity index (χ1n) is 6.89. The first kappa shape index (κ1) is 14.5. The van der Waals surface area contributed by atoms with Gasteiger partial charge in [0.05, 0.1) is 11.0 Å². The first-order valence-corrected chi connectivity index (χ1v) is 6.89. The first-order chi connectivity index (χ1) is 9.51. The molecule has 0 radical (unpaired) electrons. The van der Waals surface area contributed by atoms with Crippen molar-refractivity contribution >= 4 is 5.69 Å². The van der Waals surface area contributed by atoms with Gasteiger partial charge in [-0.3, -0.25) is 15.0 Å². The topological polar surface area (TPSA) is 70.2 Å². The van der Waals surface area contributed by atoms with Crippen molar-refractivity contribution in [3.05, 3.63) is 39.9 Å². The summed E-state index contributed by atoms with van der Waals surface area (Å²) in [5, 5.41) is 20.1. The zero-order valence-corrected chi connectivity index (χ0v) is 11.8. The van der Waals surface area contributed by atoms with Crippen molar-refractivity contribution in [2.75, 3.05) is 13.1 Å². The third-order valence-electron chi connectivity index (χ3n) is 3.80. The zero-order chi connectivity index (χ0) is 14.7. The molecule has 1 aliphatic heterocycles. The Hall–Kier alpha value is -1.93. The van der Waals surface area contributed by atoms with E-state index in [9.17, 15) is 15.4 Å². The van der Waals surface area contributed by atoms with Crippen LogP contribution in [0.25, 0.3) is 0 Å². The fourth-order valence-corrected chi connectivity index (χ4v) is 3.07. The van der Waals surface area contributed by atoms with E-state index < -0.39 is 4.92 Å². The number of benzene rings is 1. The van der Waals surface area contributed by atoms with Crippen LogP contribution >= 0.6 is 0 Å². The molecule has 1 heterocycles. The summed E-state index contributed by atoms with van der Waals surface area (Å²) in [5.41, 5.74) is 0.894. The molecule has 0 spiro atoms. The van der Waals surface area contributed by atoms with Crippen LogP contribution in [0.5, 0.6) is 0 Å². The van der Waals surface area contributed by atoms with Crippen molar-refractivity contribution in [3.63, 3.8) is 0 Å². The molecule has 1 saturated heterocycles. The molecule has 0 aliphatic carbocycles. The lowest BCUT2D eigenvalue weighted by Gasteiger charge is -2.37. The Morgan fingerprint density at radius 3 is 2.30 bits per heavy atom. The molecule has 2 rings (SSSR count). The van der Waals surface area contributed by atoms with Crippen LogP contribution in [0.1, 0.15) is 31.9 Å². The average molecular weight is 273 g/mol. The Balaban J connectivity index is 2.19. The number of hydrogen-bond donors (Lipinski definition) is 0. The van der Waals surface area contributed by atoms with Crippen LogP contribution in [0.2, 0.25) is 0 Å². The number of nitro benzene ring substituents is 1. The average Bonchev–Trinajstić information content (AvgIpc) is 2.39. The monoisotopic (exact) mass is 273 g/mol. The van der Waals surface area contributed by atoms with E-state index in [-0.39, 0.29) is 11.7 Å². The molecule has 3 atom stereocenters. The van der Waals surface area contributed by atoms with Crippen molar-refractivity contribution in [2.24, 2.45) is 11.8 Å². The van der Waals surface area contributed by atoms with Gasteiger partial charge in [0.2, 0.25) is 0 Å². The zero-order valence-electron chi connectivity index (χ0n) is 11.8. The van der Waals surface area contributed by atoms with Crippen LogP contribution in [-0.2, 0) is 0 Å². The minimum Gasteiger partial charge on any atom is -0.284 e. The molecule has 5 heteroatoms. The van der Waals surface area contributed by atoms with E-state index in [0.717, 1.165) is 18.7 Å². The Kier molecular flexibility index (Phi) is 4.35. The lowest BCUT2D eigenvalue weighted by molar-refractivity contribution is -0.384. The third-order valence-corrected chi connectivity index (χ3v) is 3.80. The predicted molar refractivity (Wildman–Crippen MR) is 76.0 cm³/mol. The van der Waals surface area contributed by atoms with Crippen LogP contribution in [0.3, 0.4) is 0 Å². The van der Waals surface area contributed by atoms with Gasteiger partial charge in [0.1, 0.15) is 6.04 Å². The molecule has 106 valence electrons. The van der Waals surface area contributed by atoms with Crippen molar-refractivity contribution in [1.82, 2.24) is 4.90 Å². The highest BCUT2D eigenvalue weighted by atomic mass is 16.6. The van der Waals surface area contributed by atoms with E-state index in [1.165, 1.54) is 18.6 Å². The second-order valence-corrected chi connectivity index (χ2v) is 5.78. The van der Waals surface area contributed by atoms with E-state index in [4.69, 9.17) is 0 Å². The van der Waals surface area contributed by atoms with Crippen LogP contribution < -0.4 is 0 Å². The highest BCUT2D eigenvalue weighted by Gasteiger charge is 2.28. The van der Waals surface area contributed by atoms with E-state index in [1.54, 1.807) is 12.1 Å². The van der Waals surface area contributed by atoms with Gasteiger partial charge in [0.15, 0.2) is 0 Å². The molecule has 0 N–H and O–H groups in total.